The number of phenolic OH excluding ortho intramolecular Hbond substituents is 1. The number of hydrogen-bond donors (Lipinski definition) is 5. The molecule has 3 rings (SSSR count). The highest BCUT2D eigenvalue weighted by atomic mass is 16.5. The predicted octanol–water partition coefficient (Wildman–Crippen LogP) is 0.696. The van der Waals surface area contributed by atoms with Gasteiger partial charge in [0.15, 0.2) is 6.10 Å². The van der Waals surface area contributed by atoms with E-state index in [1.807, 2.05) is 0 Å². The lowest BCUT2D eigenvalue weighted by Gasteiger charge is -2.34. The number of aliphatic hydroxyl groups is 1. The highest BCUT2D eigenvalue weighted by Gasteiger charge is 2.39. The number of esters is 1. The summed E-state index contributed by atoms with van der Waals surface area (Å²) in [5.74, 6) is -4.64. The van der Waals surface area contributed by atoms with Crippen molar-refractivity contribution in [2.75, 3.05) is 0 Å². The van der Waals surface area contributed by atoms with Crippen LogP contribution in [0.15, 0.2) is 48.8 Å². The molecule has 2 heterocycles. The van der Waals surface area contributed by atoms with Crippen molar-refractivity contribution in [3.8, 4) is 5.75 Å². The number of pyridine rings is 1. The molecule has 1 fully saturated rings. The van der Waals surface area contributed by atoms with E-state index >= 15 is 0 Å². The second-order valence-corrected chi connectivity index (χ2v) is 9.83. The fourth-order valence-electron chi connectivity index (χ4n) is 4.21. The standard InChI is InChI=1S/C27H34N4O7/c1-14(2)23-26(36)29-16(4)21(31-24(34)18-9-5-6-10-20(18)32)25(35)30-19(12-17-8-7-11-28-13-17)22(33)15(3)27(37)38-23/h5-11,13-16,19,21-23,32-33H,12H2,1-4H3,(H,29,36)(H,30,35)(H,31,34)/t15-,16-,19+,21+,22+,23?/m1/s1. The first-order valence-electron chi connectivity index (χ1n) is 12.5. The Bertz CT molecular complexity index is 1160. The van der Waals surface area contributed by atoms with E-state index in [-0.39, 0.29) is 17.7 Å². The van der Waals surface area contributed by atoms with Gasteiger partial charge in [-0.2, -0.15) is 0 Å². The van der Waals surface area contributed by atoms with Gasteiger partial charge in [-0.25, -0.2) is 0 Å². The highest BCUT2D eigenvalue weighted by molar-refractivity contribution is 6.00. The first-order chi connectivity index (χ1) is 18.0. The summed E-state index contributed by atoms with van der Waals surface area (Å²) in [4.78, 5) is 56.6. The van der Waals surface area contributed by atoms with Crippen molar-refractivity contribution in [2.24, 2.45) is 11.8 Å². The zero-order valence-electron chi connectivity index (χ0n) is 21.8. The number of para-hydroxylation sites is 1. The summed E-state index contributed by atoms with van der Waals surface area (Å²) in [5.41, 5.74) is 0.639. The van der Waals surface area contributed by atoms with Gasteiger partial charge < -0.3 is 30.9 Å². The quantitative estimate of drug-likeness (QED) is 0.355. The lowest BCUT2D eigenvalue weighted by atomic mass is 9.92. The van der Waals surface area contributed by atoms with Crippen LogP contribution in [-0.2, 0) is 25.5 Å². The third kappa shape index (κ3) is 6.86. The third-order valence-corrected chi connectivity index (χ3v) is 6.50. The number of ether oxygens (including phenoxy) is 1. The summed E-state index contributed by atoms with van der Waals surface area (Å²) >= 11 is 0. The van der Waals surface area contributed by atoms with Crippen molar-refractivity contribution in [2.45, 2.75) is 64.4 Å². The van der Waals surface area contributed by atoms with Crippen LogP contribution >= 0.6 is 0 Å². The smallest absolute Gasteiger partial charge is 0.312 e. The second-order valence-electron chi connectivity index (χ2n) is 9.83. The Morgan fingerprint density at radius 1 is 1.08 bits per heavy atom. The number of rotatable bonds is 5. The van der Waals surface area contributed by atoms with Crippen LogP contribution in [0.25, 0.3) is 0 Å². The first-order valence-corrected chi connectivity index (χ1v) is 12.5. The van der Waals surface area contributed by atoms with Gasteiger partial charge in [0.2, 0.25) is 5.91 Å². The van der Waals surface area contributed by atoms with Crippen LogP contribution in [0, 0.1) is 11.8 Å². The van der Waals surface area contributed by atoms with Crippen molar-refractivity contribution in [1.29, 1.82) is 0 Å². The number of aliphatic hydroxyl groups excluding tert-OH is 1. The van der Waals surface area contributed by atoms with Gasteiger partial charge in [0.1, 0.15) is 11.8 Å². The number of aromatic nitrogens is 1. The Kier molecular flexibility index (Phi) is 9.40. The minimum Gasteiger partial charge on any atom is -0.507 e. The third-order valence-electron chi connectivity index (χ3n) is 6.50. The summed E-state index contributed by atoms with van der Waals surface area (Å²) < 4.78 is 5.50. The summed E-state index contributed by atoms with van der Waals surface area (Å²) in [6.07, 6.45) is 0.723. The highest BCUT2D eigenvalue weighted by Crippen LogP contribution is 2.19. The molecule has 0 bridgehead atoms. The van der Waals surface area contributed by atoms with Crippen LogP contribution in [-0.4, -0.2) is 69.2 Å². The topological polar surface area (TPSA) is 167 Å². The molecule has 204 valence electrons. The lowest BCUT2D eigenvalue weighted by molar-refractivity contribution is -0.166. The van der Waals surface area contributed by atoms with Crippen LogP contribution in [0.4, 0.5) is 0 Å². The number of nitrogens with one attached hydrogen (secondary N) is 3. The molecule has 5 N–H and O–H groups in total. The van der Waals surface area contributed by atoms with Gasteiger partial charge in [-0.3, -0.25) is 24.2 Å². The number of amides is 3. The Morgan fingerprint density at radius 3 is 2.42 bits per heavy atom. The largest absolute Gasteiger partial charge is 0.507 e. The van der Waals surface area contributed by atoms with Crippen molar-refractivity contribution < 1.29 is 34.1 Å². The van der Waals surface area contributed by atoms with Crippen molar-refractivity contribution in [3.63, 3.8) is 0 Å². The number of phenols is 1. The minimum absolute atomic E-state index is 0.0560. The number of carbonyl (C=O) groups is 4. The normalized spacial score (nSPS) is 26.8. The van der Waals surface area contributed by atoms with Crippen LogP contribution in [0.2, 0.25) is 0 Å². The molecular weight excluding hydrogens is 492 g/mol. The Labute approximate surface area is 221 Å². The molecule has 0 spiro atoms. The molecule has 6 atom stereocenters. The van der Waals surface area contributed by atoms with E-state index in [1.165, 1.54) is 26.0 Å². The SMILES string of the molecule is CC(C)C1OC(=O)[C@H](C)[C@H](O)[C@H](Cc2cccnc2)NC(=O)[C@@H](NC(=O)c2ccccc2O)[C@@H](C)NC1=O. The predicted molar refractivity (Wildman–Crippen MR) is 137 cm³/mol. The maximum Gasteiger partial charge on any atom is 0.312 e. The van der Waals surface area contributed by atoms with Gasteiger partial charge in [0.05, 0.1) is 29.7 Å². The van der Waals surface area contributed by atoms with E-state index < -0.39 is 65.9 Å². The minimum atomic E-state index is -1.38. The van der Waals surface area contributed by atoms with Gasteiger partial charge in [-0.1, -0.05) is 32.0 Å². The number of benzene rings is 1. The van der Waals surface area contributed by atoms with E-state index in [1.54, 1.807) is 50.5 Å². The monoisotopic (exact) mass is 526 g/mol. The van der Waals surface area contributed by atoms with E-state index in [4.69, 9.17) is 4.74 Å². The summed E-state index contributed by atoms with van der Waals surface area (Å²) in [7, 11) is 0. The molecule has 11 heteroatoms. The van der Waals surface area contributed by atoms with E-state index in [2.05, 4.69) is 20.9 Å². The number of cyclic esters (lactones) is 1. The van der Waals surface area contributed by atoms with E-state index in [0.717, 1.165) is 0 Å². The molecule has 11 nitrogen and oxygen atoms in total. The molecule has 1 aliphatic heterocycles. The van der Waals surface area contributed by atoms with Gasteiger partial charge >= 0.3 is 5.97 Å². The average Bonchev–Trinajstić information content (AvgIpc) is 2.88. The van der Waals surface area contributed by atoms with E-state index in [0.29, 0.717) is 5.56 Å². The fourth-order valence-corrected chi connectivity index (χ4v) is 4.21. The summed E-state index contributed by atoms with van der Waals surface area (Å²) in [6, 6.07) is 6.10. The molecule has 3 amide bonds. The zero-order chi connectivity index (χ0) is 28.0. The Hall–Kier alpha value is -3.99. The number of hydrogen-bond acceptors (Lipinski definition) is 8. The van der Waals surface area contributed by atoms with Crippen molar-refractivity contribution >= 4 is 23.7 Å². The second kappa shape index (κ2) is 12.5. The van der Waals surface area contributed by atoms with Crippen LogP contribution in [0.3, 0.4) is 0 Å². The molecule has 0 aliphatic carbocycles. The van der Waals surface area contributed by atoms with Gasteiger partial charge in [-0.15, -0.1) is 0 Å². The molecule has 0 saturated carbocycles. The summed E-state index contributed by atoms with van der Waals surface area (Å²) in [6.45, 7) is 6.37. The van der Waals surface area contributed by atoms with E-state index in [9.17, 15) is 29.4 Å². The zero-order valence-corrected chi connectivity index (χ0v) is 21.8. The molecule has 38 heavy (non-hydrogen) atoms. The molecule has 1 aliphatic rings. The Balaban J connectivity index is 1.99. The Morgan fingerprint density at radius 2 is 1.79 bits per heavy atom. The van der Waals surface area contributed by atoms with Crippen LogP contribution < -0.4 is 16.0 Å². The maximum atomic E-state index is 13.6. The number of nitrogens with zero attached hydrogens (tertiary/aromatic N) is 1. The number of carbonyl (C=O) groups excluding carboxylic acids is 4. The molecule has 1 saturated heterocycles. The van der Waals surface area contributed by atoms with Gasteiger partial charge in [0.25, 0.3) is 11.8 Å². The summed E-state index contributed by atoms with van der Waals surface area (Å²) in [5, 5.41) is 29.2. The number of aromatic hydroxyl groups is 1. The molecule has 2 aromatic rings. The molecule has 1 aromatic carbocycles. The molecule has 1 unspecified atom stereocenters. The van der Waals surface area contributed by atoms with Crippen molar-refractivity contribution in [1.82, 2.24) is 20.9 Å². The average molecular weight is 527 g/mol. The molecule has 1 aromatic heterocycles. The van der Waals surface area contributed by atoms with Gasteiger partial charge in [-0.05, 0) is 49.9 Å². The first kappa shape index (κ1) is 28.6. The van der Waals surface area contributed by atoms with Crippen LogP contribution in [0.1, 0.15) is 43.6 Å². The molecule has 0 radical (unpaired) electrons. The van der Waals surface area contributed by atoms with Crippen molar-refractivity contribution in [3.05, 3.63) is 59.9 Å². The van der Waals surface area contributed by atoms with Crippen LogP contribution in [0.5, 0.6) is 5.75 Å². The maximum absolute atomic E-state index is 13.6. The van der Waals surface area contributed by atoms with Gasteiger partial charge in [0, 0.05) is 12.4 Å². The molecular formula is C27H34N4O7. The lowest BCUT2D eigenvalue weighted by Crippen LogP contribution is -2.62. The fraction of sp³-hybridized carbons (Fsp3) is 0.444.